The Balaban J connectivity index is 2.13. The van der Waals surface area contributed by atoms with Gasteiger partial charge in [-0.15, -0.1) is 0 Å². The van der Waals surface area contributed by atoms with Crippen molar-refractivity contribution >= 4 is 11.9 Å². The van der Waals surface area contributed by atoms with E-state index in [1.165, 1.54) is 0 Å². The number of hydrogen-bond donors (Lipinski definition) is 0. The minimum Gasteiger partial charge on any atom is -0.466 e. The van der Waals surface area contributed by atoms with E-state index in [1.807, 2.05) is 13.8 Å². The van der Waals surface area contributed by atoms with Gasteiger partial charge >= 0.3 is 11.9 Å². The maximum Gasteiger partial charge on any atom is 0.309 e. The van der Waals surface area contributed by atoms with Crippen LogP contribution >= 0.6 is 0 Å². The van der Waals surface area contributed by atoms with Crippen LogP contribution in [0.1, 0.15) is 39.5 Å². The molecule has 0 aromatic rings. The minimum absolute atomic E-state index is 0.0567. The van der Waals surface area contributed by atoms with Crippen LogP contribution < -0.4 is 0 Å². The number of nitrogens with zero attached hydrogens (tertiary/aromatic N) is 1. The highest BCUT2D eigenvalue weighted by Crippen LogP contribution is 2.18. The summed E-state index contributed by atoms with van der Waals surface area (Å²) in [6.07, 6.45) is 3.02. The highest BCUT2D eigenvalue weighted by molar-refractivity contribution is 5.72. The van der Waals surface area contributed by atoms with E-state index in [0.29, 0.717) is 19.6 Å². The highest BCUT2D eigenvalue weighted by atomic mass is 16.5. The van der Waals surface area contributed by atoms with Crippen LogP contribution in [0, 0.1) is 5.92 Å². The molecule has 19 heavy (non-hydrogen) atoms. The Hall–Kier alpha value is -1.10. The van der Waals surface area contributed by atoms with Gasteiger partial charge in [0.1, 0.15) is 0 Å². The van der Waals surface area contributed by atoms with Gasteiger partial charge in [0, 0.05) is 6.42 Å². The van der Waals surface area contributed by atoms with Crippen LogP contribution in [0.15, 0.2) is 0 Å². The number of piperidine rings is 1. The second-order valence-corrected chi connectivity index (χ2v) is 4.78. The molecule has 0 aliphatic carbocycles. The summed E-state index contributed by atoms with van der Waals surface area (Å²) in [6.45, 7) is 7.27. The number of ether oxygens (including phenoxy) is 2. The fraction of sp³-hybridized carbons (Fsp3) is 0.857. The second kappa shape index (κ2) is 8.91. The predicted molar refractivity (Wildman–Crippen MR) is 71.7 cm³/mol. The fourth-order valence-corrected chi connectivity index (χ4v) is 2.33. The molecule has 5 heteroatoms. The summed E-state index contributed by atoms with van der Waals surface area (Å²) in [5.74, 6) is -0.126. The van der Waals surface area contributed by atoms with Crippen molar-refractivity contribution in [2.24, 2.45) is 5.92 Å². The number of carbonyl (C=O) groups is 2. The molecule has 0 aromatic heterocycles. The summed E-state index contributed by atoms with van der Waals surface area (Å²) in [5.41, 5.74) is 0. The topological polar surface area (TPSA) is 55.8 Å². The zero-order chi connectivity index (χ0) is 14.1. The standard InChI is InChI=1S/C14H25NO4/c1-3-18-13(16)6-5-9-15-10-7-12(8-11-15)14(17)19-4-2/h12H,3-11H2,1-2H3. The normalized spacial score (nSPS) is 17.2. The number of carbonyl (C=O) groups excluding carboxylic acids is 2. The Morgan fingerprint density at radius 3 is 2.32 bits per heavy atom. The highest BCUT2D eigenvalue weighted by Gasteiger charge is 2.25. The Bertz CT molecular complexity index is 282. The molecule has 0 atom stereocenters. The molecule has 0 bridgehead atoms. The van der Waals surface area contributed by atoms with Crippen molar-refractivity contribution in [3.8, 4) is 0 Å². The van der Waals surface area contributed by atoms with E-state index in [-0.39, 0.29) is 17.9 Å². The SMILES string of the molecule is CCOC(=O)CCCN1CCC(C(=O)OCC)CC1. The van der Waals surface area contributed by atoms with E-state index in [1.54, 1.807) is 0 Å². The molecular formula is C14H25NO4. The molecule has 0 N–H and O–H groups in total. The van der Waals surface area contributed by atoms with Crippen LogP contribution in [0.2, 0.25) is 0 Å². The van der Waals surface area contributed by atoms with Crippen molar-refractivity contribution in [1.29, 1.82) is 0 Å². The monoisotopic (exact) mass is 271 g/mol. The first kappa shape index (κ1) is 16.0. The molecule has 0 radical (unpaired) electrons. The Morgan fingerprint density at radius 1 is 1.11 bits per heavy atom. The van der Waals surface area contributed by atoms with Crippen LogP contribution in [0.4, 0.5) is 0 Å². The average Bonchev–Trinajstić information content (AvgIpc) is 2.40. The van der Waals surface area contributed by atoms with Gasteiger partial charge in [-0.3, -0.25) is 9.59 Å². The van der Waals surface area contributed by atoms with E-state index in [4.69, 9.17) is 9.47 Å². The largest absolute Gasteiger partial charge is 0.466 e. The van der Waals surface area contributed by atoms with E-state index in [0.717, 1.165) is 38.9 Å². The Kier molecular flexibility index (Phi) is 7.48. The third-order valence-electron chi connectivity index (χ3n) is 3.37. The van der Waals surface area contributed by atoms with Gasteiger partial charge < -0.3 is 14.4 Å². The lowest BCUT2D eigenvalue weighted by atomic mass is 9.97. The summed E-state index contributed by atoms with van der Waals surface area (Å²) in [6, 6.07) is 0. The lowest BCUT2D eigenvalue weighted by Gasteiger charge is -2.30. The molecule has 0 saturated carbocycles. The van der Waals surface area contributed by atoms with Gasteiger partial charge in [0.25, 0.3) is 0 Å². The zero-order valence-corrected chi connectivity index (χ0v) is 12.0. The molecule has 0 unspecified atom stereocenters. The smallest absolute Gasteiger partial charge is 0.309 e. The summed E-state index contributed by atoms with van der Waals surface area (Å²) < 4.78 is 9.93. The third-order valence-corrected chi connectivity index (χ3v) is 3.37. The number of esters is 2. The molecule has 1 aliphatic heterocycles. The quantitative estimate of drug-likeness (QED) is 0.658. The molecule has 1 fully saturated rings. The van der Waals surface area contributed by atoms with Crippen LogP contribution in [-0.4, -0.2) is 49.7 Å². The zero-order valence-electron chi connectivity index (χ0n) is 12.0. The average molecular weight is 271 g/mol. The van der Waals surface area contributed by atoms with Crippen LogP contribution in [0.5, 0.6) is 0 Å². The van der Waals surface area contributed by atoms with Gasteiger partial charge in [-0.1, -0.05) is 0 Å². The predicted octanol–water partition coefficient (Wildman–Crippen LogP) is 1.60. The molecule has 0 amide bonds. The number of rotatable bonds is 7. The summed E-state index contributed by atoms with van der Waals surface area (Å²) in [5, 5.41) is 0. The van der Waals surface area contributed by atoms with Gasteiger partial charge in [-0.25, -0.2) is 0 Å². The molecule has 1 heterocycles. The Morgan fingerprint density at radius 2 is 1.74 bits per heavy atom. The molecule has 1 saturated heterocycles. The van der Waals surface area contributed by atoms with Crippen molar-refractivity contribution in [1.82, 2.24) is 4.90 Å². The molecule has 1 rings (SSSR count). The minimum atomic E-state index is -0.121. The van der Waals surface area contributed by atoms with E-state index in [2.05, 4.69) is 4.90 Å². The third kappa shape index (κ3) is 6.05. The van der Waals surface area contributed by atoms with Crippen molar-refractivity contribution in [2.45, 2.75) is 39.5 Å². The van der Waals surface area contributed by atoms with Crippen molar-refractivity contribution in [2.75, 3.05) is 32.8 Å². The van der Waals surface area contributed by atoms with Crippen LogP contribution in [-0.2, 0) is 19.1 Å². The molecule has 0 aromatic carbocycles. The van der Waals surface area contributed by atoms with Gasteiger partial charge in [0.05, 0.1) is 19.1 Å². The van der Waals surface area contributed by atoms with E-state index in [9.17, 15) is 9.59 Å². The molecule has 0 spiro atoms. The first-order valence-corrected chi connectivity index (χ1v) is 7.22. The van der Waals surface area contributed by atoms with Gasteiger partial charge in [0.15, 0.2) is 0 Å². The molecule has 110 valence electrons. The summed E-state index contributed by atoms with van der Waals surface area (Å²) >= 11 is 0. The molecule has 5 nitrogen and oxygen atoms in total. The lowest BCUT2D eigenvalue weighted by Crippen LogP contribution is -2.37. The first-order chi connectivity index (χ1) is 9.17. The first-order valence-electron chi connectivity index (χ1n) is 7.22. The van der Waals surface area contributed by atoms with Gasteiger partial charge in [-0.05, 0) is 52.7 Å². The number of likely N-dealkylation sites (tertiary alicyclic amines) is 1. The van der Waals surface area contributed by atoms with Gasteiger partial charge in [0.2, 0.25) is 0 Å². The van der Waals surface area contributed by atoms with E-state index >= 15 is 0 Å². The van der Waals surface area contributed by atoms with Crippen LogP contribution in [0.3, 0.4) is 0 Å². The molecule has 1 aliphatic rings. The maximum absolute atomic E-state index is 11.6. The summed E-state index contributed by atoms with van der Waals surface area (Å²) in [7, 11) is 0. The van der Waals surface area contributed by atoms with E-state index < -0.39 is 0 Å². The summed E-state index contributed by atoms with van der Waals surface area (Å²) in [4.78, 5) is 25.1. The van der Waals surface area contributed by atoms with Gasteiger partial charge in [-0.2, -0.15) is 0 Å². The van der Waals surface area contributed by atoms with Crippen LogP contribution in [0.25, 0.3) is 0 Å². The maximum atomic E-state index is 11.6. The van der Waals surface area contributed by atoms with Crippen molar-refractivity contribution in [3.05, 3.63) is 0 Å². The fourth-order valence-electron chi connectivity index (χ4n) is 2.33. The second-order valence-electron chi connectivity index (χ2n) is 4.78. The molecular weight excluding hydrogens is 246 g/mol. The number of hydrogen-bond acceptors (Lipinski definition) is 5. The lowest BCUT2D eigenvalue weighted by molar-refractivity contribution is -0.149. The van der Waals surface area contributed by atoms with Crippen molar-refractivity contribution in [3.63, 3.8) is 0 Å². The van der Waals surface area contributed by atoms with Crippen molar-refractivity contribution < 1.29 is 19.1 Å². The Labute approximate surface area is 115 Å².